The predicted molar refractivity (Wildman–Crippen MR) is 83.3 cm³/mol. The monoisotopic (exact) mass is 303 g/mol. The number of aryl methyl sites for hydroxylation is 1. The van der Waals surface area contributed by atoms with Gasteiger partial charge in [-0.15, -0.1) is 0 Å². The maximum atomic E-state index is 12.2. The number of rotatable bonds is 5. The van der Waals surface area contributed by atoms with Crippen LogP contribution in [0.25, 0.3) is 0 Å². The molecular formula is C14H17N5OS. The summed E-state index contributed by atoms with van der Waals surface area (Å²) >= 11 is 1.30. The van der Waals surface area contributed by atoms with Gasteiger partial charge in [0.2, 0.25) is 0 Å². The van der Waals surface area contributed by atoms with E-state index >= 15 is 0 Å². The van der Waals surface area contributed by atoms with Crippen LogP contribution in [0, 0.1) is 6.92 Å². The van der Waals surface area contributed by atoms with Crippen LogP contribution in [0.2, 0.25) is 0 Å². The van der Waals surface area contributed by atoms with E-state index in [4.69, 9.17) is 5.73 Å². The van der Waals surface area contributed by atoms with Crippen molar-refractivity contribution >= 4 is 28.2 Å². The minimum Gasteiger partial charge on any atom is -0.382 e. The molecule has 0 unspecified atom stereocenters. The molecule has 1 amide bonds. The number of carbonyl (C=O) groups excluding carboxylic acids is 1. The molecule has 1 saturated carbocycles. The molecule has 0 bridgehead atoms. The lowest BCUT2D eigenvalue weighted by Crippen LogP contribution is -2.23. The Morgan fingerprint density at radius 3 is 3.05 bits per heavy atom. The minimum absolute atomic E-state index is 0.209. The van der Waals surface area contributed by atoms with E-state index < -0.39 is 0 Å². The van der Waals surface area contributed by atoms with Crippen LogP contribution in [-0.4, -0.2) is 21.9 Å². The number of nitrogens with two attached hydrogens (primary N) is 1. The van der Waals surface area contributed by atoms with E-state index in [1.54, 1.807) is 6.20 Å². The van der Waals surface area contributed by atoms with Crippen LogP contribution in [0.15, 0.2) is 18.3 Å². The summed E-state index contributed by atoms with van der Waals surface area (Å²) in [6.07, 6.45) is 4.02. The zero-order chi connectivity index (χ0) is 14.8. The summed E-state index contributed by atoms with van der Waals surface area (Å²) in [4.78, 5) is 21.1. The quantitative estimate of drug-likeness (QED) is 0.785. The average Bonchev–Trinajstić information content (AvgIpc) is 3.19. The topological polar surface area (TPSA) is 92.9 Å². The Kier molecular flexibility index (Phi) is 3.74. The van der Waals surface area contributed by atoms with E-state index in [1.165, 1.54) is 11.3 Å². The Morgan fingerprint density at radius 1 is 1.52 bits per heavy atom. The maximum absolute atomic E-state index is 12.2. The van der Waals surface area contributed by atoms with Crippen molar-refractivity contribution in [2.75, 3.05) is 11.1 Å². The molecule has 0 atom stereocenters. The van der Waals surface area contributed by atoms with Crippen molar-refractivity contribution < 1.29 is 4.79 Å². The number of amides is 1. The molecule has 110 valence electrons. The standard InChI is InChI=1S/C14H17N5OS/c1-8-3-2-6-16-10(8)7-17-13(20)11-12(15)19-14(21-11)18-9-4-5-9/h2-3,6,9H,4-5,7,15H2,1H3,(H,17,20)(H,18,19). The van der Waals surface area contributed by atoms with Crippen LogP contribution in [0.5, 0.6) is 0 Å². The molecule has 2 aromatic heterocycles. The first kappa shape index (κ1) is 13.8. The van der Waals surface area contributed by atoms with E-state index in [-0.39, 0.29) is 11.7 Å². The van der Waals surface area contributed by atoms with Crippen molar-refractivity contribution in [1.29, 1.82) is 0 Å². The van der Waals surface area contributed by atoms with Crippen molar-refractivity contribution in [2.45, 2.75) is 32.4 Å². The number of carbonyl (C=O) groups is 1. The molecule has 0 spiro atoms. The zero-order valence-corrected chi connectivity index (χ0v) is 12.5. The van der Waals surface area contributed by atoms with Gasteiger partial charge in [0.15, 0.2) is 5.13 Å². The molecule has 2 heterocycles. The Hall–Kier alpha value is -2.15. The Morgan fingerprint density at radius 2 is 2.33 bits per heavy atom. The van der Waals surface area contributed by atoms with Crippen molar-refractivity contribution in [3.8, 4) is 0 Å². The highest BCUT2D eigenvalue weighted by molar-refractivity contribution is 7.18. The third kappa shape index (κ3) is 3.30. The smallest absolute Gasteiger partial charge is 0.265 e. The predicted octanol–water partition coefficient (Wildman–Crippen LogP) is 1.93. The second-order valence-corrected chi connectivity index (χ2v) is 6.10. The SMILES string of the molecule is Cc1cccnc1CNC(=O)c1sc(NC2CC2)nc1N. The summed E-state index contributed by atoms with van der Waals surface area (Å²) in [6.45, 7) is 2.35. The number of hydrogen-bond donors (Lipinski definition) is 3. The van der Waals surface area contributed by atoms with Gasteiger partial charge >= 0.3 is 0 Å². The first-order valence-corrected chi connectivity index (χ1v) is 7.66. The average molecular weight is 303 g/mol. The molecule has 1 aliphatic rings. The lowest BCUT2D eigenvalue weighted by atomic mass is 10.2. The van der Waals surface area contributed by atoms with Gasteiger partial charge in [0, 0.05) is 12.2 Å². The molecular weight excluding hydrogens is 286 g/mol. The van der Waals surface area contributed by atoms with Gasteiger partial charge in [0.05, 0.1) is 12.2 Å². The van der Waals surface area contributed by atoms with Crippen molar-refractivity contribution in [3.05, 3.63) is 34.5 Å². The Balaban J connectivity index is 1.64. The summed E-state index contributed by atoms with van der Waals surface area (Å²) < 4.78 is 0. The molecule has 6 nitrogen and oxygen atoms in total. The highest BCUT2D eigenvalue weighted by Gasteiger charge is 2.24. The van der Waals surface area contributed by atoms with E-state index in [0.29, 0.717) is 22.6 Å². The lowest BCUT2D eigenvalue weighted by Gasteiger charge is -2.05. The number of anilines is 2. The first-order valence-electron chi connectivity index (χ1n) is 6.85. The lowest BCUT2D eigenvalue weighted by molar-refractivity contribution is 0.0955. The van der Waals surface area contributed by atoms with E-state index in [1.807, 2.05) is 19.1 Å². The van der Waals surface area contributed by atoms with Gasteiger partial charge in [0.1, 0.15) is 10.7 Å². The molecule has 2 aromatic rings. The van der Waals surface area contributed by atoms with Gasteiger partial charge in [-0.2, -0.15) is 0 Å². The summed E-state index contributed by atoms with van der Waals surface area (Å²) in [5.41, 5.74) is 7.72. The molecule has 3 rings (SSSR count). The first-order chi connectivity index (χ1) is 10.1. The summed E-state index contributed by atoms with van der Waals surface area (Å²) in [5.74, 6) is 0.0669. The number of thiazole rings is 1. The molecule has 4 N–H and O–H groups in total. The Labute approximate surface area is 126 Å². The molecule has 21 heavy (non-hydrogen) atoms. The number of hydrogen-bond acceptors (Lipinski definition) is 6. The fraction of sp³-hybridized carbons (Fsp3) is 0.357. The van der Waals surface area contributed by atoms with Crippen molar-refractivity contribution in [2.24, 2.45) is 0 Å². The summed E-state index contributed by atoms with van der Waals surface area (Å²) in [5, 5.41) is 6.81. The second kappa shape index (κ2) is 5.69. The van der Waals surface area contributed by atoms with E-state index in [2.05, 4.69) is 20.6 Å². The second-order valence-electron chi connectivity index (χ2n) is 5.10. The fourth-order valence-electron chi connectivity index (χ4n) is 1.91. The summed E-state index contributed by atoms with van der Waals surface area (Å²) in [7, 11) is 0. The molecule has 0 radical (unpaired) electrons. The number of pyridine rings is 1. The van der Waals surface area contributed by atoms with Crippen LogP contribution in [0.3, 0.4) is 0 Å². The molecule has 0 aliphatic heterocycles. The highest BCUT2D eigenvalue weighted by atomic mass is 32.1. The van der Waals surface area contributed by atoms with E-state index in [0.717, 1.165) is 24.1 Å². The number of nitrogen functional groups attached to an aromatic ring is 1. The van der Waals surface area contributed by atoms with Gasteiger partial charge in [-0.05, 0) is 31.4 Å². The highest BCUT2D eigenvalue weighted by Crippen LogP contribution is 2.30. The van der Waals surface area contributed by atoms with E-state index in [9.17, 15) is 4.79 Å². The summed E-state index contributed by atoms with van der Waals surface area (Å²) in [6, 6.07) is 4.33. The third-order valence-corrected chi connectivity index (χ3v) is 4.30. The Bertz CT molecular complexity index is 665. The van der Waals surface area contributed by atoms with Crippen LogP contribution < -0.4 is 16.4 Å². The normalized spacial score (nSPS) is 14.0. The molecule has 7 heteroatoms. The maximum Gasteiger partial charge on any atom is 0.265 e. The van der Waals surface area contributed by atoms with Crippen LogP contribution in [0.1, 0.15) is 33.8 Å². The third-order valence-electron chi connectivity index (χ3n) is 3.30. The van der Waals surface area contributed by atoms with Crippen molar-refractivity contribution in [1.82, 2.24) is 15.3 Å². The van der Waals surface area contributed by atoms with Crippen LogP contribution >= 0.6 is 11.3 Å². The van der Waals surface area contributed by atoms with Gasteiger partial charge in [-0.1, -0.05) is 17.4 Å². The number of nitrogens with one attached hydrogen (secondary N) is 2. The largest absolute Gasteiger partial charge is 0.382 e. The minimum atomic E-state index is -0.209. The molecule has 0 aromatic carbocycles. The van der Waals surface area contributed by atoms with Gasteiger partial charge < -0.3 is 16.4 Å². The fourth-order valence-corrected chi connectivity index (χ4v) is 2.78. The molecule has 0 saturated heterocycles. The van der Waals surface area contributed by atoms with Gasteiger partial charge in [0.25, 0.3) is 5.91 Å². The number of aromatic nitrogens is 2. The molecule has 1 fully saturated rings. The van der Waals surface area contributed by atoms with Crippen LogP contribution in [0.4, 0.5) is 10.9 Å². The van der Waals surface area contributed by atoms with Gasteiger partial charge in [-0.25, -0.2) is 4.98 Å². The van der Waals surface area contributed by atoms with Gasteiger partial charge in [-0.3, -0.25) is 9.78 Å². The molecule has 1 aliphatic carbocycles. The number of nitrogens with zero attached hydrogens (tertiary/aromatic N) is 2. The van der Waals surface area contributed by atoms with Crippen molar-refractivity contribution in [3.63, 3.8) is 0 Å². The zero-order valence-electron chi connectivity index (χ0n) is 11.7. The van der Waals surface area contributed by atoms with Crippen LogP contribution in [-0.2, 0) is 6.54 Å².